The van der Waals surface area contributed by atoms with E-state index in [-0.39, 0.29) is 5.54 Å². The normalized spacial score (nSPS) is 35.6. The van der Waals surface area contributed by atoms with Gasteiger partial charge in [-0.15, -0.1) is 0 Å². The van der Waals surface area contributed by atoms with Crippen LogP contribution >= 0.6 is 0 Å². The summed E-state index contributed by atoms with van der Waals surface area (Å²) >= 11 is 0. The third kappa shape index (κ3) is 3.49. The lowest BCUT2D eigenvalue weighted by atomic mass is 9.85. The van der Waals surface area contributed by atoms with Crippen LogP contribution < -0.4 is 5.32 Å². The van der Waals surface area contributed by atoms with Gasteiger partial charge in [0, 0.05) is 6.54 Å². The second-order valence-electron chi connectivity index (χ2n) is 6.58. The zero-order chi connectivity index (χ0) is 13.7. The molecule has 2 fully saturated rings. The summed E-state index contributed by atoms with van der Waals surface area (Å²) in [5.74, 6) is 1.42. The van der Waals surface area contributed by atoms with Gasteiger partial charge in [0.15, 0.2) is 0 Å². The first-order valence-corrected chi connectivity index (χ1v) is 8.09. The molecular formula is C16H29N3. The van der Waals surface area contributed by atoms with Crippen molar-refractivity contribution in [1.29, 1.82) is 5.26 Å². The Labute approximate surface area is 118 Å². The molecular weight excluding hydrogens is 234 g/mol. The topological polar surface area (TPSA) is 39.1 Å². The maximum absolute atomic E-state index is 9.62. The average molecular weight is 263 g/mol. The van der Waals surface area contributed by atoms with Crippen LogP contribution in [0.2, 0.25) is 0 Å². The van der Waals surface area contributed by atoms with E-state index in [1.54, 1.807) is 0 Å². The number of nitrogens with zero attached hydrogens (tertiary/aromatic N) is 2. The molecule has 3 unspecified atom stereocenters. The zero-order valence-corrected chi connectivity index (χ0v) is 12.6. The fourth-order valence-corrected chi connectivity index (χ4v) is 3.80. The number of hydrogen-bond acceptors (Lipinski definition) is 3. The zero-order valence-electron chi connectivity index (χ0n) is 12.6. The summed E-state index contributed by atoms with van der Waals surface area (Å²) in [5.41, 5.74) is -0.221. The van der Waals surface area contributed by atoms with Crippen LogP contribution in [0.5, 0.6) is 0 Å². The van der Waals surface area contributed by atoms with Crippen molar-refractivity contribution < 1.29 is 0 Å². The lowest BCUT2D eigenvalue weighted by Gasteiger charge is -2.31. The molecule has 0 aromatic rings. The van der Waals surface area contributed by atoms with E-state index < -0.39 is 0 Å². The molecule has 0 aromatic heterocycles. The maximum atomic E-state index is 9.62. The molecule has 19 heavy (non-hydrogen) atoms. The van der Waals surface area contributed by atoms with E-state index in [0.717, 1.165) is 25.3 Å². The van der Waals surface area contributed by atoms with Crippen molar-refractivity contribution in [2.45, 2.75) is 57.9 Å². The monoisotopic (exact) mass is 263 g/mol. The highest BCUT2D eigenvalue weighted by Gasteiger charge is 2.42. The Balaban J connectivity index is 1.85. The van der Waals surface area contributed by atoms with Gasteiger partial charge in [-0.05, 0) is 63.6 Å². The van der Waals surface area contributed by atoms with Crippen LogP contribution in [-0.2, 0) is 0 Å². The third-order valence-corrected chi connectivity index (χ3v) is 5.01. The molecule has 1 saturated carbocycles. The van der Waals surface area contributed by atoms with E-state index in [4.69, 9.17) is 0 Å². The van der Waals surface area contributed by atoms with Crippen molar-refractivity contribution in [3.8, 4) is 6.07 Å². The van der Waals surface area contributed by atoms with Crippen LogP contribution in [-0.4, -0.2) is 36.6 Å². The molecule has 0 bridgehead atoms. The highest BCUT2D eigenvalue weighted by molar-refractivity contribution is 5.14. The second kappa shape index (κ2) is 6.72. The van der Waals surface area contributed by atoms with Gasteiger partial charge in [0.1, 0.15) is 5.54 Å². The van der Waals surface area contributed by atoms with E-state index in [2.05, 4.69) is 30.1 Å². The van der Waals surface area contributed by atoms with E-state index in [1.807, 2.05) is 0 Å². The molecule has 1 heterocycles. The van der Waals surface area contributed by atoms with Crippen molar-refractivity contribution in [1.82, 2.24) is 10.2 Å². The summed E-state index contributed by atoms with van der Waals surface area (Å²) in [6.07, 6.45) is 7.14. The van der Waals surface area contributed by atoms with Gasteiger partial charge >= 0.3 is 0 Å². The summed E-state index contributed by atoms with van der Waals surface area (Å²) in [6, 6.07) is 2.62. The van der Waals surface area contributed by atoms with Crippen LogP contribution in [0.25, 0.3) is 0 Å². The largest absolute Gasteiger partial charge is 0.303 e. The quantitative estimate of drug-likeness (QED) is 0.801. The Bertz CT molecular complexity index is 322. The Morgan fingerprint density at radius 3 is 2.89 bits per heavy atom. The SMILES string of the molecule is CCCNC1(C#N)CCCC1CCN1CCC(C)C1. The minimum absolute atomic E-state index is 0.221. The minimum Gasteiger partial charge on any atom is -0.303 e. The summed E-state index contributed by atoms with van der Waals surface area (Å²) in [6.45, 7) is 9.20. The molecule has 1 aliphatic carbocycles. The lowest BCUT2D eigenvalue weighted by Crippen LogP contribution is -2.48. The number of likely N-dealkylation sites (tertiary alicyclic amines) is 1. The van der Waals surface area contributed by atoms with Gasteiger partial charge in [0.05, 0.1) is 6.07 Å². The second-order valence-corrected chi connectivity index (χ2v) is 6.58. The van der Waals surface area contributed by atoms with Gasteiger partial charge in [-0.1, -0.05) is 20.3 Å². The molecule has 3 atom stereocenters. The highest BCUT2D eigenvalue weighted by atomic mass is 15.1. The van der Waals surface area contributed by atoms with Crippen molar-refractivity contribution in [3.63, 3.8) is 0 Å². The Morgan fingerprint density at radius 2 is 2.26 bits per heavy atom. The van der Waals surface area contributed by atoms with Crippen LogP contribution in [0.15, 0.2) is 0 Å². The van der Waals surface area contributed by atoms with Crippen molar-refractivity contribution in [2.75, 3.05) is 26.2 Å². The van der Waals surface area contributed by atoms with Crippen LogP contribution in [0, 0.1) is 23.2 Å². The molecule has 108 valence electrons. The predicted octanol–water partition coefficient (Wildman–Crippen LogP) is 2.78. The lowest BCUT2D eigenvalue weighted by molar-refractivity contribution is 0.246. The Morgan fingerprint density at radius 1 is 1.42 bits per heavy atom. The van der Waals surface area contributed by atoms with Gasteiger partial charge in [-0.3, -0.25) is 5.32 Å². The van der Waals surface area contributed by atoms with Gasteiger partial charge in [-0.25, -0.2) is 0 Å². The van der Waals surface area contributed by atoms with Crippen LogP contribution in [0.4, 0.5) is 0 Å². The molecule has 2 rings (SSSR count). The van der Waals surface area contributed by atoms with Gasteiger partial charge in [0.2, 0.25) is 0 Å². The molecule has 3 heteroatoms. The molecule has 1 saturated heterocycles. The summed E-state index contributed by atoms with van der Waals surface area (Å²) in [4.78, 5) is 2.59. The van der Waals surface area contributed by atoms with Gasteiger partial charge in [-0.2, -0.15) is 5.26 Å². The van der Waals surface area contributed by atoms with Gasteiger partial charge < -0.3 is 4.90 Å². The first-order chi connectivity index (χ1) is 9.20. The first kappa shape index (κ1) is 14.8. The molecule has 2 aliphatic rings. The highest BCUT2D eigenvalue weighted by Crippen LogP contribution is 2.38. The van der Waals surface area contributed by atoms with Crippen molar-refractivity contribution >= 4 is 0 Å². The fourth-order valence-electron chi connectivity index (χ4n) is 3.80. The molecule has 0 radical (unpaired) electrons. The predicted molar refractivity (Wildman–Crippen MR) is 78.8 cm³/mol. The maximum Gasteiger partial charge on any atom is 0.109 e. The average Bonchev–Trinajstić information content (AvgIpc) is 3.01. The number of nitrogens with one attached hydrogen (secondary N) is 1. The summed E-state index contributed by atoms with van der Waals surface area (Å²) < 4.78 is 0. The molecule has 0 spiro atoms. The summed E-state index contributed by atoms with van der Waals surface area (Å²) in [5, 5.41) is 13.2. The van der Waals surface area contributed by atoms with Crippen LogP contribution in [0.1, 0.15) is 52.4 Å². The standard InChI is InChI=1S/C16H29N3/c1-3-9-18-16(13-17)8-4-5-15(16)7-11-19-10-6-14(2)12-19/h14-15,18H,3-12H2,1-2H3. The molecule has 1 N–H and O–H groups in total. The molecule has 1 aliphatic heterocycles. The Kier molecular flexibility index (Phi) is 5.24. The van der Waals surface area contributed by atoms with E-state index in [0.29, 0.717) is 5.92 Å². The van der Waals surface area contributed by atoms with Crippen molar-refractivity contribution in [2.24, 2.45) is 11.8 Å². The van der Waals surface area contributed by atoms with E-state index >= 15 is 0 Å². The summed E-state index contributed by atoms with van der Waals surface area (Å²) in [7, 11) is 0. The fraction of sp³-hybridized carbons (Fsp3) is 0.938. The number of nitriles is 1. The van der Waals surface area contributed by atoms with Crippen LogP contribution in [0.3, 0.4) is 0 Å². The number of rotatable bonds is 6. The molecule has 0 aromatic carbocycles. The first-order valence-electron chi connectivity index (χ1n) is 8.09. The third-order valence-electron chi connectivity index (χ3n) is 5.01. The molecule has 3 nitrogen and oxygen atoms in total. The smallest absolute Gasteiger partial charge is 0.109 e. The Hall–Kier alpha value is -0.590. The van der Waals surface area contributed by atoms with Crippen molar-refractivity contribution in [3.05, 3.63) is 0 Å². The van der Waals surface area contributed by atoms with E-state index in [1.165, 1.54) is 45.3 Å². The minimum atomic E-state index is -0.221. The number of hydrogen-bond donors (Lipinski definition) is 1. The van der Waals surface area contributed by atoms with Gasteiger partial charge in [0.25, 0.3) is 0 Å². The van der Waals surface area contributed by atoms with E-state index in [9.17, 15) is 5.26 Å². The molecule has 0 amide bonds.